The Kier molecular flexibility index (Phi) is 3.66. The molecule has 1 aromatic rings. The molecule has 0 spiro atoms. The topological polar surface area (TPSA) is 89.6 Å². The highest BCUT2D eigenvalue weighted by Crippen LogP contribution is 2.17. The smallest absolute Gasteiger partial charge is 0.339 e. The van der Waals surface area contributed by atoms with Crippen LogP contribution in [0.2, 0.25) is 0 Å². The highest BCUT2D eigenvalue weighted by atomic mass is 16.5. The Hall–Kier alpha value is -2.30. The van der Waals surface area contributed by atoms with E-state index in [9.17, 15) is 9.59 Å². The third-order valence-electron chi connectivity index (χ3n) is 1.86. The summed E-state index contributed by atoms with van der Waals surface area (Å²) in [5.41, 5.74) is 5.21. The van der Waals surface area contributed by atoms with E-state index in [1.165, 1.54) is 24.3 Å². The average Bonchev–Trinajstić information content (AvgIpc) is 2.24. The number of carbonyl (C=O) groups is 2. The summed E-state index contributed by atoms with van der Waals surface area (Å²) in [6.45, 7) is 3.40. The van der Waals surface area contributed by atoms with E-state index < -0.39 is 11.9 Å². The number of carboxylic acid groups (broad SMARTS) is 1. The first-order valence-corrected chi connectivity index (χ1v) is 4.47. The van der Waals surface area contributed by atoms with Crippen LogP contribution in [0.3, 0.4) is 0 Å². The molecule has 0 radical (unpaired) electrons. The third-order valence-corrected chi connectivity index (χ3v) is 1.86. The summed E-state index contributed by atoms with van der Waals surface area (Å²) in [5, 5.41) is 8.91. The Labute approximate surface area is 92.1 Å². The number of anilines is 1. The number of aromatic carboxylic acids is 1. The molecule has 0 atom stereocenters. The van der Waals surface area contributed by atoms with Gasteiger partial charge in [0.1, 0.15) is 6.61 Å². The van der Waals surface area contributed by atoms with Gasteiger partial charge in [0.2, 0.25) is 0 Å². The van der Waals surface area contributed by atoms with Crippen LogP contribution in [0, 0.1) is 0 Å². The van der Waals surface area contributed by atoms with Crippen molar-refractivity contribution in [1.82, 2.24) is 0 Å². The molecule has 0 aromatic heterocycles. The minimum atomic E-state index is -1.26. The summed E-state index contributed by atoms with van der Waals surface area (Å²) in [7, 11) is 0. The van der Waals surface area contributed by atoms with Gasteiger partial charge in [-0.3, -0.25) is 0 Å². The molecule has 0 aliphatic rings. The molecule has 0 saturated carbocycles. The second kappa shape index (κ2) is 4.97. The molecule has 3 N–H and O–H groups in total. The van der Waals surface area contributed by atoms with Gasteiger partial charge >= 0.3 is 11.9 Å². The Bertz CT molecular complexity index is 440. The van der Waals surface area contributed by atoms with Crippen LogP contribution < -0.4 is 5.73 Å². The van der Waals surface area contributed by atoms with Crippen molar-refractivity contribution in [3.63, 3.8) is 0 Å². The van der Waals surface area contributed by atoms with Crippen molar-refractivity contribution in [3.8, 4) is 0 Å². The van der Waals surface area contributed by atoms with E-state index in [4.69, 9.17) is 15.6 Å². The molecule has 0 bridgehead atoms. The fraction of sp³-hybridized carbons (Fsp3) is 0.0909. The van der Waals surface area contributed by atoms with E-state index in [1.807, 2.05) is 0 Å². The van der Waals surface area contributed by atoms with Crippen LogP contribution in [-0.4, -0.2) is 23.7 Å². The van der Waals surface area contributed by atoms with Crippen molar-refractivity contribution < 1.29 is 19.4 Å². The lowest BCUT2D eigenvalue weighted by molar-refractivity contribution is 0.0537. The largest absolute Gasteiger partial charge is 0.478 e. The first-order valence-electron chi connectivity index (χ1n) is 4.47. The Balaban J connectivity index is 3.12. The van der Waals surface area contributed by atoms with Crippen molar-refractivity contribution in [1.29, 1.82) is 0 Å². The van der Waals surface area contributed by atoms with Gasteiger partial charge in [0.05, 0.1) is 11.1 Å². The second-order valence-electron chi connectivity index (χ2n) is 2.96. The maximum atomic E-state index is 11.5. The third kappa shape index (κ3) is 2.38. The SMILES string of the molecule is C=CCOC(=O)c1cccc(N)c1C(=O)O. The van der Waals surface area contributed by atoms with Crippen LogP contribution >= 0.6 is 0 Å². The number of carbonyl (C=O) groups excluding carboxylic acids is 1. The van der Waals surface area contributed by atoms with Crippen LogP contribution in [0.1, 0.15) is 20.7 Å². The Morgan fingerprint density at radius 3 is 2.75 bits per heavy atom. The van der Waals surface area contributed by atoms with Crippen molar-refractivity contribution >= 4 is 17.6 Å². The monoisotopic (exact) mass is 221 g/mol. The predicted molar refractivity (Wildman–Crippen MR) is 58.3 cm³/mol. The fourth-order valence-electron chi connectivity index (χ4n) is 1.19. The van der Waals surface area contributed by atoms with Crippen molar-refractivity contribution in [2.75, 3.05) is 12.3 Å². The number of benzene rings is 1. The van der Waals surface area contributed by atoms with Gasteiger partial charge in [-0.2, -0.15) is 0 Å². The van der Waals surface area contributed by atoms with Crippen molar-refractivity contribution in [2.24, 2.45) is 0 Å². The van der Waals surface area contributed by atoms with E-state index >= 15 is 0 Å². The molecule has 0 heterocycles. The van der Waals surface area contributed by atoms with Gasteiger partial charge in [-0.05, 0) is 12.1 Å². The van der Waals surface area contributed by atoms with Crippen LogP contribution in [0.4, 0.5) is 5.69 Å². The minimum absolute atomic E-state index is 0.0205. The zero-order chi connectivity index (χ0) is 12.1. The van der Waals surface area contributed by atoms with E-state index in [1.54, 1.807) is 0 Å². The van der Waals surface area contributed by atoms with Crippen molar-refractivity contribution in [2.45, 2.75) is 0 Å². The summed E-state index contributed by atoms with van der Waals surface area (Å²) < 4.78 is 4.75. The minimum Gasteiger partial charge on any atom is -0.478 e. The lowest BCUT2D eigenvalue weighted by Crippen LogP contribution is -2.13. The standard InChI is InChI=1S/C11H11NO4/c1-2-6-16-11(15)7-4-3-5-8(12)9(7)10(13)14/h2-5H,1,6,12H2,(H,13,14). The number of rotatable bonds is 4. The molecule has 0 saturated heterocycles. The van der Waals surface area contributed by atoms with Gasteiger partial charge in [-0.1, -0.05) is 18.7 Å². The van der Waals surface area contributed by atoms with E-state index in [2.05, 4.69) is 6.58 Å². The maximum absolute atomic E-state index is 11.5. The molecule has 0 aliphatic heterocycles. The summed E-state index contributed by atoms with van der Waals surface area (Å²) in [6, 6.07) is 4.26. The molecule has 16 heavy (non-hydrogen) atoms. The number of carboxylic acids is 1. The molecule has 5 heteroatoms. The van der Waals surface area contributed by atoms with Crippen molar-refractivity contribution in [3.05, 3.63) is 42.0 Å². The fourth-order valence-corrected chi connectivity index (χ4v) is 1.19. The summed E-state index contributed by atoms with van der Waals surface area (Å²) in [6.07, 6.45) is 1.39. The second-order valence-corrected chi connectivity index (χ2v) is 2.96. The molecule has 0 unspecified atom stereocenters. The predicted octanol–water partition coefficient (Wildman–Crippen LogP) is 1.31. The quantitative estimate of drug-likeness (QED) is 0.454. The first-order chi connectivity index (χ1) is 7.57. The number of esters is 1. The maximum Gasteiger partial charge on any atom is 0.339 e. The number of hydrogen-bond acceptors (Lipinski definition) is 4. The van der Waals surface area contributed by atoms with Crippen LogP contribution in [0.25, 0.3) is 0 Å². The molecule has 0 amide bonds. The molecule has 5 nitrogen and oxygen atoms in total. The molecule has 84 valence electrons. The molecule has 0 fully saturated rings. The Morgan fingerprint density at radius 2 is 2.19 bits per heavy atom. The Morgan fingerprint density at radius 1 is 1.50 bits per heavy atom. The molecular weight excluding hydrogens is 210 g/mol. The lowest BCUT2D eigenvalue weighted by Gasteiger charge is -2.07. The van der Waals surface area contributed by atoms with E-state index in [-0.39, 0.29) is 23.4 Å². The summed E-state index contributed by atoms with van der Waals surface area (Å²) >= 11 is 0. The van der Waals surface area contributed by atoms with Gasteiger partial charge in [-0.15, -0.1) is 0 Å². The van der Waals surface area contributed by atoms with Gasteiger partial charge in [0.15, 0.2) is 0 Å². The zero-order valence-electron chi connectivity index (χ0n) is 8.47. The van der Waals surface area contributed by atoms with E-state index in [0.717, 1.165) is 0 Å². The number of hydrogen-bond donors (Lipinski definition) is 2. The van der Waals surface area contributed by atoms with Crippen LogP contribution in [0.5, 0.6) is 0 Å². The highest BCUT2D eigenvalue weighted by molar-refractivity contribution is 6.06. The van der Waals surface area contributed by atoms with Crippen LogP contribution in [-0.2, 0) is 4.74 Å². The average molecular weight is 221 g/mol. The van der Waals surface area contributed by atoms with Gasteiger partial charge < -0.3 is 15.6 Å². The zero-order valence-corrected chi connectivity index (χ0v) is 8.47. The summed E-state index contributed by atoms with van der Waals surface area (Å²) in [4.78, 5) is 22.4. The van der Waals surface area contributed by atoms with E-state index in [0.29, 0.717) is 0 Å². The van der Waals surface area contributed by atoms with Gasteiger partial charge in [-0.25, -0.2) is 9.59 Å². The number of nitrogens with two attached hydrogens (primary N) is 1. The highest BCUT2D eigenvalue weighted by Gasteiger charge is 2.19. The number of ether oxygens (including phenoxy) is 1. The molecule has 1 aromatic carbocycles. The molecule has 0 aliphatic carbocycles. The molecule has 1 rings (SSSR count). The summed E-state index contributed by atoms with van der Waals surface area (Å²) in [5.74, 6) is -1.99. The van der Waals surface area contributed by atoms with Gasteiger partial charge in [0.25, 0.3) is 0 Å². The number of nitrogen functional groups attached to an aromatic ring is 1. The first kappa shape index (κ1) is 11.8. The lowest BCUT2D eigenvalue weighted by atomic mass is 10.1. The van der Waals surface area contributed by atoms with Crippen LogP contribution in [0.15, 0.2) is 30.9 Å². The normalized spacial score (nSPS) is 9.50. The van der Waals surface area contributed by atoms with Gasteiger partial charge in [0, 0.05) is 5.69 Å². The molecular formula is C11H11NO4.